The molecule has 0 spiro atoms. The number of aliphatic hydroxyl groups excluding tert-OH is 3. The molecule has 2 heterocycles. The predicted octanol–water partition coefficient (Wildman–Crippen LogP) is 2.69. The van der Waals surface area contributed by atoms with Crippen molar-refractivity contribution in [1.82, 2.24) is 20.2 Å². The van der Waals surface area contributed by atoms with Crippen LogP contribution in [0.5, 0.6) is 0 Å². The third-order valence-electron chi connectivity index (χ3n) is 6.75. The molecule has 2 saturated carbocycles. The summed E-state index contributed by atoms with van der Waals surface area (Å²) in [7, 11) is 0. The van der Waals surface area contributed by atoms with E-state index < -0.39 is 35.9 Å². The van der Waals surface area contributed by atoms with E-state index >= 15 is 0 Å². The molecular weight excluding hydrogens is 492 g/mol. The Hall–Kier alpha value is -2.38. The average molecular weight is 522 g/mol. The molecule has 2 aliphatic rings. The molecule has 194 valence electrons. The number of halogens is 2. The van der Waals surface area contributed by atoms with Gasteiger partial charge in [0.05, 0.1) is 31.1 Å². The van der Waals surface area contributed by atoms with Crippen LogP contribution in [0.25, 0.3) is 11.0 Å². The Kier molecular flexibility index (Phi) is 7.40. The summed E-state index contributed by atoms with van der Waals surface area (Å²) in [5.74, 6) is -0.858. The van der Waals surface area contributed by atoms with Gasteiger partial charge in [0.2, 0.25) is 0 Å². The molecule has 5 rings (SSSR count). The second-order valence-electron chi connectivity index (χ2n) is 9.26. The lowest BCUT2D eigenvalue weighted by Crippen LogP contribution is -2.32. The molecule has 0 bridgehead atoms. The Morgan fingerprint density at radius 1 is 1.11 bits per heavy atom. The molecule has 12 heteroatoms. The van der Waals surface area contributed by atoms with Crippen LogP contribution in [0.2, 0.25) is 0 Å². The molecule has 9 nitrogen and oxygen atoms in total. The summed E-state index contributed by atoms with van der Waals surface area (Å²) in [4.78, 5) is 9.37. The number of hydrogen-bond donors (Lipinski definition) is 5. The lowest BCUT2D eigenvalue weighted by Gasteiger charge is -2.16. The van der Waals surface area contributed by atoms with Crippen LogP contribution >= 0.6 is 11.8 Å². The van der Waals surface area contributed by atoms with Gasteiger partial charge in [-0.05, 0) is 37.0 Å². The molecule has 5 N–H and O–H groups in total. The van der Waals surface area contributed by atoms with Crippen molar-refractivity contribution in [3.8, 4) is 0 Å². The van der Waals surface area contributed by atoms with Crippen LogP contribution < -0.4 is 5.32 Å². The molecule has 2 aliphatic carbocycles. The summed E-state index contributed by atoms with van der Waals surface area (Å²) in [6.45, 7) is 1.96. The standard InChI is InChI=1S/C24H29F2N5O4S/c1-2-7-36-24-28-19-18(13-10-17(35-6-5-32)22(34)21(13)33)30-31-20(19)23(29-24)27-16-9-12(16)11-3-4-14(25)15(26)8-11/h3-4,8,12-13,16-17,21-22,32-34H,2,5-7,9-10H2,1H3,(H,30,31)(H,27,28,29)/t12-,13-,16+,17-,21-,22+/m0/s1. The second-order valence-corrected chi connectivity index (χ2v) is 10.3. The Bertz CT molecular complexity index is 1230. The van der Waals surface area contributed by atoms with Crippen LogP contribution in [-0.2, 0) is 4.74 Å². The molecule has 3 aromatic rings. The third-order valence-corrected chi connectivity index (χ3v) is 7.80. The number of benzene rings is 1. The summed E-state index contributed by atoms with van der Waals surface area (Å²) >= 11 is 1.51. The van der Waals surface area contributed by atoms with E-state index in [9.17, 15) is 19.0 Å². The molecule has 6 atom stereocenters. The van der Waals surface area contributed by atoms with E-state index in [1.54, 1.807) is 6.07 Å². The number of rotatable bonds is 10. The number of aliphatic hydroxyl groups is 3. The number of hydrogen-bond acceptors (Lipinski definition) is 9. The number of H-pyrrole nitrogens is 1. The first-order chi connectivity index (χ1) is 17.4. The van der Waals surface area contributed by atoms with Crippen LogP contribution in [-0.4, -0.2) is 78.8 Å². The first-order valence-corrected chi connectivity index (χ1v) is 13.1. The molecule has 0 unspecified atom stereocenters. The predicted molar refractivity (Wildman–Crippen MR) is 130 cm³/mol. The number of anilines is 1. The molecular formula is C24H29F2N5O4S. The minimum atomic E-state index is -1.10. The van der Waals surface area contributed by atoms with Gasteiger partial charge in [0.25, 0.3) is 0 Å². The number of nitrogens with one attached hydrogen (secondary N) is 2. The van der Waals surface area contributed by atoms with Gasteiger partial charge in [-0.15, -0.1) is 0 Å². The highest BCUT2D eigenvalue weighted by atomic mass is 32.2. The monoisotopic (exact) mass is 521 g/mol. The zero-order chi connectivity index (χ0) is 25.4. The van der Waals surface area contributed by atoms with E-state index in [0.29, 0.717) is 34.1 Å². The van der Waals surface area contributed by atoms with Crippen molar-refractivity contribution in [2.45, 2.75) is 67.5 Å². The van der Waals surface area contributed by atoms with E-state index in [1.807, 2.05) is 0 Å². The van der Waals surface area contributed by atoms with Crippen molar-refractivity contribution in [2.24, 2.45) is 0 Å². The summed E-state index contributed by atoms with van der Waals surface area (Å²) in [5.41, 5.74) is 2.36. The topological polar surface area (TPSA) is 136 Å². The van der Waals surface area contributed by atoms with Crippen LogP contribution in [0.1, 0.15) is 49.3 Å². The van der Waals surface area contributed by atoms with Crippen LogP contribution in [0, 0.1) is 11.6 Å². The number of fused-ring (bicyclic) bond motifs is 1. The fourth-order valence-electron chi connectivity index (χ4n) is 4.80. The van der Waals surface area contributed by atoms with Gasteiger partial charge < -0.3 is 25.4 Å². The van der Waals surface area contributed by atoms with Gasteiger partial charge in [0.15, 0.2) is 28.1 Å². The third kappa shape index (κ3) is 4.92. The molecule has 0 radical (unpaired) electrons. The van der Waals surface area contributed by atoms with Gasteiger partial charge in [-0.3, -0.25) is 5.10 Å². The van der Waals surface area contributed by atoms with Gasteiger partial charge in [-0.25, -0.2) is 18.7 Å². The lowest BCUT2D eigenvalue weighted by atomic mass is 10.0. The van der Waals surface area contributed by atoms with Gasteiger partial charge in [-0.1, -0.05) is 24.8 Å². The first-order valence-electron chi connectivity index (χ1n) is 12.1. The maximum absolute atomic E-state index is 13.7. The number of ether oxygens (including phenoxy) is 1. The van der Waals surface area contributed by atoms with Crippen molar-refractivity contribution in [3.05, 3.63) is 41.1 Å². The van der Waals surface area contributed by atoms with E-state index in [2.05, 4.69) is 27.4 Å². The largest absolute Gasteiger partial charge is 0.394 e. The van der Waals surface area contributed by atoms with Gasteiger partial charge in [-0.2, -0.15) is 5.10 Å². The highest BCUT2D eigenvalue weighted by Crippen LogP contribution is 2.44. The van der Waals surface area contributed by atoms with Crippen molar-refractivity contribution in [2.75, 3.05) is 24.3 Å². The van der Waals surface area contributed by atoms with E-state index in [-0.39, 0.29) is 25.2 Å². The first kappa shape index (κ1) is 25.3. The SMILES string of the molecule is CCCSc1nc(N[C@@H]2C[C@H]2c2ccc(F)c(F)c2)c2n[nH]c([C@@H]3C[C@H](OCCO)[C@@H](O)[C@H]3O)c2n1. The van der Waals surface area contributed by atoms with Gasteiger partial charge in [0.1, 0.15) is 11.6 Å². The van der Waals surface area contributed by atoms with Crippen molar-refractivity contribution in [1.29, 1.82) is 0 Å². The highest BCUT2D eigenvalue weighted by molar-refractivity contribution is 7.99. The fraction of sp³-hybridized carbons (Fsp3) is 0.542. The Morgan fingerprint density at radius 3 is 2.69 bits per heavy atom. The summed E-state index contributed by atoms with van der Waals surface area (Å²) in [6, 6.07) is 3.94. The van der Waals surface area contributed by atoms with E-state index in [1.165, 1.54) is 17.8 Å². The number of aromatic amines is 1. The minimum absolute atomic E-state index is 0.0199. The van der Waals surface area contributed by atoms with Crippen molar-refractivity contribution in [3.63, 3.8) is 0 Å². The summed E-state index contributed by atoms with van der Waals surface area (Å²) in [5, 5.41) is 41.6. The van der Waals surface area contributed by atoms with Crippen molar-refractivity contribution >= 4 is 28.6 Å². The molecule has 2 fully saturated rings. The number of thioether (sulfide) groups is 1. The van der Waals surface area contributed by atoms with Crippen LogP contribution in [0.15, 0.2) is 23.4 Å². The average Bonchev–Trinajstić information content (AvgIpc) is 3.41. The van der Waals surface area contributed by atoms with E-state index in [4.69, 9.17) is 14.8 Å². The Morgan fingerprint density at radius 2 is 1.94 bits per heavy atom. The van der Waals surface area contributed by atoms with Crippen LogP contribution in [0.3, 0.4) is 0 Å². The number of nitrogens with zero attached hydrogens (tertiary/aromatic N) is 3. The summed E-state index contributed by atoms with van der Waals surface area (Å²) < 4.78 is 32.6. The quantitative estimate of drug-likeness (QED) is 0.201. The molecule has 1 aromatic carbocycles. The lowest BCUT2D eigenvalue weighted by molar-refractivity contribution is -0.0617. The fourth-order valence-corrected chi connectivity index (χ4v) is 5.50. The zero-order valence-electron chi connectivity index (χ0n) is 19.7. The molecule has 0 amide bonds. The molecule has 36 heavy (non-hydrogen) atoms. The molecule has 2 aromatic heterocycles. The Balaban J connectivity index is 1.43. The van der Waals surface area contributed by atoms with Crippen molar-refractivity contribution < 1.29 is 28.8 Å². The van der Waals surface area contributed by atoms with Crippen LogP contribution in [0.4, 0.5) is 14.6 Å². The Labute approximate surface area is 210 Å². The molecule has 0 saturated heterocycles. The minimum Gasteiger partial charge on any atom is -0.394 e. The maximum atomic E-state index is 13.7. The molecule has 0 aliphatic heterocycles. The second kappa shape index (κ2) is 10.5. The highest BCUT2D eigenvalue weighted by Gasteiger charge is 2.45. The van der Waals surface area contributed by atoms with E-state index in [0.717, 1.165) is 30.2 Å². The van der Waals surface area contributed by atoms with Gasteiger partial charge in [0, 0.05) is 23.6 Å². The zero-order valence-corrected chi connectivity index (χ0v) is 20.5. The smallest absolute Gasteiger partial charge is 0.190 e. The maximum Gasteiger partial charge on any atom is 0.190 e. The summed E-state index contributed by atoms with van der Waals surface area (Å²) in [6.07, 6.45) is -0.793. The normalized spacial score (nSPS) is 27.6. The number of aromatic nitrogens is 4. The van der Waals surface area contributed by atoms with Gasteiger partial charge >= 0.3 is 0 Å².